The van der Waals surface area contributed by atoms with Crippen LogP contribution >= 0.6 is 0 Å². The SMILES string of the molecule is O=C(c1cnc(-c2ccccc2)nc1)N1CCCC2CCCCC21. The Morgan fingerprint density at radius 1 is 0.958 bits per heavy atom. The molecule has 1 saturated carbocycles. The van der Waals surface area contributed by atoms with Crippen LogP contribution in [0.5, 0.6) is 0 Å². The highest BCUT2D eigenvalue weighted by atomic mass is 16.2. The van der Waals surface area contributed by atoms with E-state index in [1.807, 2.05) is 30.3 Å². The Bertz CT molecular complexity index is 697. The molecule has 1 aromatic heterocycles. The zero-order valence-electron chi connectivity index (χ0n) is 13.9. The first-order chi connectivity index (χ1) is 11.8. The van der Waals surface area contributed by atoms with Crippen molar-refractivity contribution in [1.29, 1.82) is 0 Å². The maximum Gasteiger partial charge on any atom is 0.257 e. The molecule has 0 spiro atoms. The molecular weight excluding hydrogens is 298 g/mol. The monoisotopic (exact) mass is 321 g/mol. The lowest BCUT2D eigenvalue weighted by molar-refractivity contribution is 0.0390. The molecular formula is C20H23N3O. The molecule has 2 aliphatic rings. The maximum atomic E-state index is 12.9. The lowest BCUT2D eigenvalue weighted by atomic mass is 9.78. The van der Waals surface area contributed by atoms with Gasteiger partial charge in [-0.25, -0.2) is 9.97 Å². The Hall–Kier alpha value is -2.23. The molecule has 1 amide bonds. The second kappa shape index (κ2) is 6.71. The van der Waals surface area contributed by atoms with Gasteiger partial charge >= 0.3 is 0 Å². The highest BCUT2D eigenvalue weighted by Gasteiger charge is 2.36. The highest BCUT2D eigenvalue weighted by molar-refractivity contribution is 5.94. The van der Waals surface area contributed by atoms with E-state index in [1.165, 1.54) is 25.7 Å². The zero-order valence-corrected chi connectivity index (χ0v) is 13.9. The van der Waals surface area contributed by atoms with Crippen LogP contribution in [0.15, 0.2) is 42.7 Å². The number of hydrogen-bond donors (Lipinski definition) is 0. The van der Waals surface area contributed by atoms with Crippen molar-refractivity contribution >= 4 is 5.91 Å². The van der Waals surface area contributed by atoms with Crippen LogP contribution in [0, 0.1) is 5.92 Å². The number of likely N-dealkylation sites (tertiary alicyclic amines) is 1. The van der Waals surface area contributed by atoms with Gasteiger partial charge in [-0.3, -0.25) is 4.79 Å². The molecule has 2 fully saturated rings. The van der Waals surface area contributed by atoms with Gasteiger partial charge in [-0.15, -0.1) is 0 Å². The molecule has 1 aliphatic carbocycles. The summed E-state index contributed by atoms with van der Waals surface area (Å²) in [6, 6.07) is 10.3. The van der Waals surface area contributed by atoms with Gasteiger partial charge in [-0.05, 0) is 31.6 Å². The second-order valence-electron chi connectivity index (χ2n) is 6.91. The van der Waals surface area contributed by atoms with Gasteiger partial charge < -0.3 is 4.90 Å². The summed E-state index contributed by atoms with van der Waals surface area (Å²) in [4.78, 5) is 23.9. The van der Waals surface area contributed by atoms with E-state index in [2.05, 4.69) is 14.9 Å². The number of piperidine rings is 1. The molecule has 1 aromatic carbocycles. The standard InChI is InChI=1S/C20H23N3O/c24-20(23-12-6-10-15-7-4-5-11-18(15)23)17-13-21-19(22-14-17)16-8-2-1-3-9-16/h1-3,8-9,13-15,18H,4-7,10-12H2. The van der Waals surface area contributed by atoms with Gasteiger partial charge in [0, 0.05) is 30.5 Å². The minimum absolute atomic E-state index is 0.103. The summed E-state index contributed by atoms with van der Waals surface area (Å²) < 4.78 is 0. The summed E-state index contributed by atoms with van der Waals surface area (Å²) in [6.07, 6.45) is 10.8. The van der Waals surface area contributed by atoms with Gasteiger partial charge in [-0.2, -0.15) is 0 Å². The topological polar surface area (TPSA) is 46.1 Å². The summed E-state index contributed by atoms with van der Waals surface area (Å²) in [6.45, 7) is 0.875. The van der Waals surface area contributed by atoms with Gasteiger partial charge in [-0.1, -0.05) is 43.2 Å². The van der Waals surface area contributed by atoms with Crippen molar-refractivity contribution in [3.63, 3.8) is 0 Å². The normalized spacial score (nSPS) is 23.6. The third-order valence-corrected chi connectivity index (χ3v) is 5.43. The van der Waals surface area contributed by atoms with Crippen LogP contribution < -0.4 is 0 Å². The van der Waals surface area contributed by atoms with Crippen molar-refractivity contribution < 1.29 is 4.79 Å². The lowest BCUT2D eigenvalue weighted by Gasteiger charge is -2.44. The van der Waals surface area contributed by atoms with Gasteiger partial charge in [0.2, 0.25) is 0 Å². The van der Waals surface area contributed by atoms with Crippen molar-refractivity contribution in [3.05, 3.63) is 48.3 Å². The van der Waals surface area contributed by atoms with E-state index in [0.717, 1.165) is 24.9 Å². The molecule has 2 aromatic rings. The van der Waals surface area contributed by atoms with E-state index in [4.69, 9.17) is 0 Å². The third kappa shape index (κ3) is 2.93. The first-order valence-electron chi connectivity index (χ1n) is 9.01. The fourth-order valence-electron chi connectivity index (χ4n) is 4.22. The minimum atomic E-state index is 0.103. The first kappa shape index (κ1) is 15.3. The molecule has 2 heterocycles. The zero-order chi connectivity index (χ0) is 16.4. The van der Waals surface area contributed by atoms with E-state index >= 15 is 0 Å². The number of carbonyl (C=O) groups is 1. The smallest absolute Gasteiger partial charge is 0.257 e. The van der Waals surface area contributed by atoms with Crippen LogP contribution in [0.3, 0.4) is 0 Å². The Balaban J connectivity index is 1.53. The molecule has 4 heteroatoms. The van der Waals surface area contributed by atoms with Crippen LogP contribution in [0.25, 0.3) is 11.4 Å². The molecule has 0 N–H and O–H groups in total. The largest absolute Gasteiger partial charge is 0.335 e. The van der Waals surface area contributed by atoms with Crippen molar-refractivity contribution in [3.8, 4) is 11.4 Å². The molecule has 4 rings (SSSR count). The van der Waals surface area contributed by atoms with E-state index in [0.29, 0.717) is 23.3 Å². The number of rotatable bonds is 2. The molecule has 1 saturated heterocycles. The van der Waals surface area contributed by atoms with Gasteiger partial charge in [0.05, 0.1) is 5.56 Å². The fourth-order valence-corrected chi connectivity index (χ4v) is 4.22. The average molecular weight is 321 g/mol. The number of carbonyl (C=O) groups excluding carboxylic acids is 1. The summed E-state index contributed by atoms with van der Waals surface area (Å²) >= 11 is 0. The number of hydrogen-bond acceptors (Lipinski definition) is 3. The van der Waals surface area contributed by atoms with Crippen molar-refractivity contribution in [2.45, 2.75) is 44.6 Å². The van der Waals surface area contributed by atoms with Crippen LogP contribution in [0.4, 0.5) is 0 Å². The minimum Gasteiger partial charge on any atom is -0.335 e. The van der Waals surface area contributed by atoms with Crippen molar-refractivity contribution in [2.24, 2.45) is 5.92 Å². The van der Waals surface area contributed by atoms with E-state index < -0.39 is 0 Å². The number of benzene rings is 1. The highest BCUT2D eigenvalue weighted by Crippen LogP contribution is 2.35. The molecule has 24 heavy (non-hydrogen) atoms. The maximum absolute atomic E-state index is 12.9. The van der Waals surface area contributed by atoms with Crippen LogP contribution in [0.1, 0.15) is 48.9 Å². The van der Waals surface area contributed by atoms with Crippen molar-refractivity contribution in [2.75, 3.05) is 6.54 Å². The predicted octanol–water partition coefficient (Wildman–Crippen LogP) is 3.94. The van der Waals surface area contributed by atoms with Crippen LogP contribution in [-0.4, -0.2) is 33.4 Å². The van der Waals surface area contributed by atoms with Gasteiger partial charge in [0.1, 0.15) is 0 Å². The average Bonchev–Trinajstić information content (AvgIpc) is 2.68. The number of aromatic nitrogens is 2. The molecule has 2 atom stereocenters. The van der Waals surface area contributed by atoms with Crippen LogP contribution in [0.2, 0.25) is 0 Å². The van der Waals surface area contributed by atoms with E-state index in [9.17, 15) is 4.79 Å². The summed E-state index contributed by atoms with van der Waals surface area (Å²) in [5.74, 6) is 1.47. The molecule has 124 valence electrons. The number of nitrogens with zero attached hydrogens (tertiary/aromatic N) is 3. The molecule has 0 radical (unpaired) electrons. The molecule has 1 aliphatic heterocycles. The molecule has 4 nitrogen and oxygen atoms in total. The Labute approximate surface area is 142 Å². The Morgan fingerprint density at radius 3 is 2.46 bits per heavy atom. The molecule has 0 bridgehead atoms. The van der Waals surface area contributed by atoms with Gasteiger partial charge in [0.15, 0.2) is 5.82 Å². The Morgan fingerprint density at radius 2 is 1.67 bits per heavy atom. The predicted molar refractivity (Wildman–Crippen MR) is 93.5 cm³/mol. The second-order valence-corrected chi connectivity index (χ2v) is 6.91. The lowest BCUT2D eigenvalue weighted by Crippen LogP contribution is -2.49. The summed E-state index contributed by atoms with van der Waals surface area (Å²) in [5.41, 5.74) is 1.59. The number of fused-ring (bicyclic) bond motifs is 1. The Kier molecular flexibility index (Phi) is 4.28. The van der Waals surface area contributed by atoms with E-state index in [1.54, 1.807) is 12.4 Å². The fraction of sp³-hybridized carbons (Fsp3) is 0.450. The van der Waals surface area contributed by atoms with Crippen LogP contribution in [-0.2, 0) is 0 Å². The summed E-state index contributed by atoms with van der Waals surface area (Å²) in [5, 5.41) is 0. The third-order valence-electron chi connectivity index (χ3n) is 5.43. The molecule has 2 unspecified atom stereocenters. The first-order valence-corrected chi connectivity index (χ1v) is 9.01. The quantitative estimate of drug-likeness (QED) is 0.841. The summed E-state index contributed by atoms with van der Waals surface area (Å²) in [7, 11) is 0. The van der Waals surface area contributed by atoms with Gasteiger partial charge in [0.25, 0.3) is 5.91 Å². The number of amides is 1. The van der Waals surface area contributed by atoms with E-state index in [-0.39, 0.29) is 5.91 Å². The van der Waals surface area contributed by atoms with Crippen molar-refractivity contribution in [1.82, 2.24) is 14.9 Å².